The molecule has 0 aliphatic heterocycles. The first-order chi connectivity index (χ1) is 8.43. The molecule has 0 atom stereocenters. The van der Waals surface area contributed by atoms with Crippen LogP contribution in [-0.2, 0) is 13.8 Å². The van der Waals surface area contributed by atoms with Gasteiger partial charge >= 0.3 is 5.97 Å². The van der Waals surface area contributed by atoms with Crippen molar-refractivity contribution in [2.75, 3.05) is 7.11 Å². The smallest absolute Gasteiger partial charge is 0.338 e. The van der Waals surface area contributed by atoms with Crippen molar-refractivity contribution in [2.24, 2.45) is 0 Å². The lowest BCUT2D eigenvalue weighted by atomic mass is 10.0. The van der Waals surface area contributed by atoms with Gasteiger partial charge in [-0.3, -0.25) is 0 Å². The number of halogens is 1. The van der Waals surface area contributed by atoms with Crippen molar-refractivity contribution in [1.82, 2.24) is 0 Å². The van der Waals surface area contributed by atoms with Gasteiger partial charge < -0.3 is 4.74 Å². The van der Waals surface area contributed by atoms with E-state index >= 15 is 0 Å². The average molecular weight is 285 g/mol. The molecular weight excluding hydrogens is 276 g/mol. The van der Waals surface area contributed by atoms with Crippen LogP contribution in [0.1, 0.15) is 10.4 Å². The molecule has 0 unspecified atom stereocenters. The summed E-state index contributed by atoms with van der Waals surface area (Å²) in [5.41, 5.74) is 0.176. The van der Waals surface area contributed by atoms with Crippen LogP contribution < -0.4 is 0 Å². The van der Waals surface area contributed by atoms with Crippen LogP contribution in [0, 0.1) is 0 Å². The third kappa shape index (κ3) is 2.32. The Morgan fingerprint density at radius 1 is 1.22 bits per heavy atom. The van der Waals surface area contributed by atoms with E-state index in [-0.39, 0.29) is 10.5 Å². The molecular formula is C12H9ClO4S. The van der Waals surface area contributed by atoms with Crippen molar-refractivity contribution in [3.05, 3.63) is 42.0 Å². The van der Waals surface area contributed by atoms with Crippen molar-refractivity contribution in [1.29, 1.82) is 0 Å². The van der Waals surface area contributed by atoms with Gasteiger partial charge in [-0.1, -0.05) is 24.3 Å². The normalized spacial score (nSPS) is 11.4. The third-order valence-electron chi connectivity index (χ3n) is 2.52. The molecule has 0 saturated carbocycles. The highest BCUT2D eigenvalue weighted by Gasteiger charge is 2.17. The fraction of sp³-hybridized carbons (Fsp3) is 0.0833. The Hall–Kier alpha value is -1.59. The summed E-state index contributed by atoms with van der Waals surface area (Å²) in [6, 6.07) is 9.55. The van der Waals surface area contributed by atoms with Crippen molar-refractivity contribution in [3.8, 4) is 0 Å². The van der Waals surface area contributed by atoms with Gasteiger partial charge in [-0.15, -0.1) is 0 Å². The summed E-state index contributed by atoms with van der Waals surface area (Å²) in [5.74, 6) is -0.603. The Balaban J connectivity index is 2.85. The van der Waals surface area contributed by atoms with E-state index in [4.69, 9.17) is 10.7 Å². The van der Waals surface area contributed by atoms with Gasteiger partial charge in [-0.2, -0.15) is 0 Å². The van der Waals surface area contributed by atoms with Gasteiger partial charge in [0.2, 0.25) is 0 Å². The first kappa shape index (κ1) is 12.9. The second kappa shape index (κ2) is 4.59. The number of carbonyl (C=O) groups excluding carboxylic acids is 1. The Labute approximate surface area is 109 Å². The Morgan fingerprint density at radius 2 is 1.89 bits per heavy atom. The quantitative estimate of drug-likeness (QED) is 0.628. The summed E-state index contributed by atoms with van der Waals surface area (Å²) >= 11 is 0. The van der Waals surface area contributed by atoms with Gasteiger partial charge in [0, 0.05) is 10.7 Å². The van der Waals surface area contributed by atoms with Gasteiger partial charge in [-0.25, -0.2) is 13.2 Å². The van der Waals surface area contributed by atoms with Crippen LogP contribution in [0.2, 0.25) is 0 Å². The maximum atomic E-state index is 11.6. The molecule has 6 heteroatoms. The van der Waals surface area contributed by atoms with E-state index in [1.165, 1.54) is 19.2 Å². The largest absolute Gasteiger partial charge is 0.465 e. The Kier molecular flexibility index (Phi) is 3.28. The van der Waals surface area contributed by atoms with Crippen molar-refractivity contribution in [3.63, 3.8) is 0 Å². The van der Waals surface area contributed by atoms with Crippen molar-refractivity contribution in [2.45, 2.75) is 4.90 Å². The lowest BCUT2D eigenvalue weighted by Crippen LogP contribution is -2.04. The second-order valence-electron chi connectivity index (χ2n) is 3.62. The molecule has 0 spiro atoms. The number of fused-ring (bicyclic) bond motifs is 1. The molecule has 2 aromatic rings. The van der Waals surface area contributed by atoms with Crippen LogP contribution in [0.3, 0.4) is 0 Å². The highest BCUT2D eigenvalue weighted by Crippen LogP contribution is 2.26. The highest BCUT2D eigenvalue weighted by molar-refractivity contribution is 8.13. The highest BCUT2D eigenvalue weighted by atomic mass is 35.7. The number of ether oxygens (including phenoxy) is 1. The zero-order valence-corrected chi connectivity index (χ0v) is 11.0. The molecule has 18 heavy (non-hydrogen) atoms. The van der Waals surface area contributed by atoms with E-state index in [1.807, 2.05) is 0 Å². The van der Waals surface area contributed by atoms with Gasteiger partial charge in [-0.05, 0) is 22.9 Å². The Bertz CT molecular complexity index is 722. The van der Waals surface area contributed by atoms with E-state index in [2.05, 4.69) is 4.74 Å². The number of rotatable bonds is 2. The molecule has 0 aromatic heterocycles. The lowest BCUT2D eigenvalue weighted by Gasteiger charge is -2.07. The van der Waals surface area contributed by atoms with Crippen LogP contribution in [0.25, 0.3) is 10.8 Å². The molecule has 0 N–H and O–H groups in total. The molecule has 94 valence electrons. The molecule has 2 rings (SSSR count). The van der Waals surface area contributed by atoms with Crippen LogP contribution in [-0.4, -0.2) is 21.5 Å². The molecule has 4 nitrogen and oxygen atoms in total. The number of benzene rings is 2. The molecule has 0 bridgehead atoms. The molecule has 0 fully saturated rings. The van der Waals surface area contributed by atoms with Crippen molar-refractivity contribution >= 4 is 36.5 Å². The van der Waals surface area contributed by atoms with Gasteiger partial charge in [0.1, 0.15) is 0 Å². The zero-order valence-electron chi connectivity index (χ0n) is 9.38. The van der Waals surface area contributed by atoms with Crippen LogP contribution in [0.5, 0.6) is 0 Å². The van der Waals surface area contributed by atoms with E-state index in [1.54, 1.807) is 24.3 Å². The third-order valence-corrected chi connectivity index (χ3v) is 3.86. The zero-order chi connectivity index (χ0) is 13.3. The SMILES string of the molecule is COC(=O)c1cc(S(=O)(=O)Cl)cc2ccccc12. The van der Waals surface area contributed by atoms with Gasteiger partial charge in [0.05, 0.1) is 17.6 Å². The predicted octanol–water partition coefficient (Wildman–Crippen LogP) is 2.55. The van der Waals surface area contributed by atoms with E-state index in [9.17, 15) is 13.2 Å². The van der Waals surface area contributed by atoms with Crippen molar-refractivity contribution < 1.29 is 17.9 Å². The number of methoxy groups -OCH3 is 1. The fourth-order valence-electron chi connectivity index (χ4n) is 1.70. The number of hydrogen-bond acceptors (Lipinski definition) is 4. The van der Waals surface area contributed by atoms with Gasteiger partial charge in [0.25, 0.3) is 9.05 Å². The monoisotopic (exact) mass is 284 g/mol. The minimum atomic E-state index is -3.89. The van der Waals surface area contributed by atoms with Crippen LogP contribution in [0.4, 0.5) is 0 Å². The molecule has 0 saturated heterocycles. The van der Waals surface area contributed by atoms with Crippen LogP contribution >= 0.6 is 10.7 Å². The summed E-state index contributed by atoms with van der Waals surface area (Å²) in [6.07, 6.45) is 0. The number of esters is 1. The topological polar surface area (TPSA) is 60.4 Å². The maximum absolute atomic E-state index is 11.6. The first-order valence-electron chi connectivity index (χ1n) is 4.99. The van der Waals surface area contributed by atoms with E-state index in [0.29, 0.717) is 10.8 Å². The fourth-order valence-corrected chi connectivity index (χ4v) is 2.50. The van der Waals surface area contributed by atoms with E-state index < -0.39 is 15.0 Å². The summed E-state index contributed by atoms with van der Waals surface area (Å²) in [4.78, 5) is 11.5. The number of carbonyl (C=O) groups is 1. The average Bonchev–Trinajstić information content (AvgIpc) is 2.35. The molecule has 0 aliphatic rings. The molecule has 0 radical (unpaired) electrons. The summed E-state index contributed by atoms with van der Waals surface area (Å²) in [6.45, 7) is 0. The molecule has 0 heterocycles. The van der Waals surface area contributed by atoms with E-state index in [0.717, 1.165) is 0 Å². The molecule has 2 aromatic carbocycles. The summed E-state index contributed by atoms with van der Waals surface area (Å²) in [7, 11) is 2.64. The second-order valence-corrected chi connectivity index (χ2v) is 6.19. The molecule has 0 amide bonds. The van der Waals surface area contributed by atoms with Gasteiger partial charge in [0.15, 0.2) is 0 Å². The maximum Gasteiger partial charge on any atom is 0.338 e. The minimum Gasteiger partial charge on any atom is -0.465 e. The minimum absolute atomic E-state index is 0.122. The first-order valence-corrected chi connectivity index (χ1v) is 7.30. The Morgan fingerprint density at radius 3 is 2.50 bits per heavy atom. The standard InChI is InChI=1S/C12H9ClO4S/c1-17-12(14)11-7-9(18(13,15)16)6-8-4-2-3-5-10(8)11/h2-7H,1H3. The molecule has 0 aliphatic carbocycles. The summed E-state index contributed by atoms with van der Waals surface area (Å²) in [5, 5.41) is 1.23. The number of hydrogen-bond donors (Lipinski definition) is 0. The lowest BCUT2D eigenvalue weighted by molar-refractivity contribution is 0.0602. The van der Waals surface area contributed by atoms with Crippen LogP contribution in [0.15, 0.2) is 41.3 Å². The summed E-state index contributed by atoms with van der Waals surface area (Å²) < 4.78 is 27.3. The predicted molar refractivity (Wildman–Crippen MR) is 68.3 cm³/mol.